The molecule has 24 heavy (non-hydrogen) atoms. The molecule has 0 aliphatic carbocycles. The smallest absolute Gasteiger partial charge is 0.0630 e. The number of nitrogens with one attached hydrogen (secondary N) is 1. The van der Waals surface area contributed by atoms with Gasteiger partial charge in [-0.25, -0.2) is 0 Å². The molecule has 0 unspecified atom stereocenters. The maximum atomic E-state index is 4.38. The predicted octanol–water partition coefficient (Wildman–Crippen LogP) is 6.44. The van der Waals surface area contributed by atoms with Gasteiger partial charge < -0.3 is 5.32 Å². The molecule has 1 N–H and O–H groups in total. The first-order valence-corrected chi connectivity index (χ1v) is 9.67. The molecule has 5 heteroatoms. The molecule has 0 fully saturated rings. The summed E-state index contributed by atoms with van der Waals surface area (Å²) in [5.41, 5.74) is 2.04. The SMILES string of the molecule is CSc1ccc(N=C/C=C/C=C/Nc2ccc(SC)cc2)cc1.Cl. The van der Waals surface area contributed by atoms with E-state index in [-0.39, 0.29) is 12.4 Å². The summed E-state index contributed by atoms with van der Waals surface area (Å²) >= 11 is 3.47. The Morgan fingerprint density at radius 3 is 1.96 bits per heavy atom. The second-order valence-electron chi connectivity index (χ2n) is 4.59. The second-order valence-corrected chi connectivity index (χ2v) is 6.35. The molecule has 0 spiro atoms. The summed E-state index contributed by atoms with van der Waals surface area (Å²) in [6.07, 6.45) is 13.7. The van der Waals surface area contributed by atoms with E-state index >= 15 is 0 Å². The van der Waals surface area contributed by atoms with Crippen LogP contribution in [0.3, 0.4) is 0 Å². The van der Waals surface area contributed by atoms with Gasteiger partial charge >= 0.3 is 0 Å². The molecule has 0 aromatic heterocycles. The molecule has 0 radical (unpaired) electrons. The molecule has 0 bridgehead atoms. The first-order valence-electron chi connectivity index (χ1n) is 7.22. The summed E-state index contributed by atoms with van der Waals surface area (Å²) in [4.78, 5) is 6.89. The highest BCUT2D eigenvalue weighted by molar-refractivity contribution is 7.98. The van der Waals surface area contributed by atoms with Crippen LogP contribution >= 0.6 is 35.9 Å². The Morgan fingerprint density at radius 1 is 0.792 bits per heavy atom. The van der Waals surface area contributed by atoms with Gasteiger partial charge in [0.2, 0.25) is 0 Å². The van der Waals surface area contributed by atoms with Crippen molar-refractivity contribution in [3.8, 4) is 0 Å². The van der Waals surface area contributed by atoms with Crippen LogP contribution < -0.4 is 5.32 Å². The van der Waals surface area contributed by atoms with Crippen molar-refractivity contribution in [1.82, 2.24) is 0 Å². The summed E-state index contributed by atoms with van der Waals surface area (Å²) in [6, 6.07) is 16.5. The highest BCUT2D eigenvalue weighted by atomic mass is 35.5. The van der Waals surface area contributed by atoms with Gasteiger partial charge in [0.05, 0.1) is 5.69 Å². The summed E-state index contributed by atoms with van der Waals surface area (Å²) < 4.78 is 0. The third-order valence-corrected chi connectivity index (χ3v) is 4.53. The summed E-state index contributed by atoms with van der Waals surface area (Å²) in [7, 11) is 0. The van der Waals surface area contributed by atoms with Crippen LogP contribution in [0.15, 0.2) is 87.7 Å². The molecular formula is C19H21ClN2S2. The first-order chi connectivity index (χ1) is 11.3. The molecule has 0 aliphatic heterocycles. The zero-order chi connectivity index (χ0) is 16.3. The minimum atomic E-state index is 0. The standard InChI is InChI=1S/C19H20N2S2.ClH/c1-22-18-10-6-16(7-11-18)20-14-4-3-5-15-21-17-8-12-19(23-2)13-9-17;/h3-15,20H,1-2H3;1H/b5-3+,14-4+,21-15?;. The molecule has 0 saturated carbocycles. The molecule has 0 saturated heterocycles. The number of thioether (sulfide) groups is 2. The fraction of sp³-hybridized carbons (Fsp3) is 0.105. The van der Waals surface area contributed by atoms with Crippen molar-refractivity contribution in [3.63, 3.8) is 0 Å². The first kappa shape index (κ1) is 20.4. The zero-order valence-corrected chi connectivity index (χ0v) is 16.1. The van der Waals surface area contributed by atoms with Gasteiger partial charge in [0.25, 0.3) is 0 Å². The Labute approximate surface area is 159 Å². The number of hydrogen-bond donors (Lipinski definition) is 1. The molecule has 0 aliphatic rings. The van der Waals surface area contributed by atoms with E-state index in [0.717, 1.165) is 11.4 Å². The monoisotopic (exact) mass is 376 g/mol. The van der Waals surface area contributed by atoms with E-state index in [4.69, 9.17) is 0 Å². The third-order valence-electron chi connectivity index (χ3n) is 3.04. The Bertz CT molecular complexity index is 678. The lowest BCUT2D eigenvalue weighted by Gasteiger charge is -2.00. The van der Waals surface area contributed by atoms with Gasteiger partial charge in [-0.3, -0.25) is 4.99 Å². The fourth-order valence-corrected chi connectivity index (χ4v) is 2.61. The van der Waals surface area contributed by atoms with E-state index in [1.54, 1.807) is 29.7 Å². The second kappa shape index (κ2) is 11.8. The van der Waals surface area contributed by atoms with Crippen LogP contribution in [0.4, 0.5) is 11.4 Å². The van der Waals surface area contributed by atoms with Crippen LogP contribution in [0, 0.1) is 0 Å². The van der Waals surface area contributed by atoms with Crippen molar-refractivity contribution in [2.45, 2.75) is 9.79 Å². The van der Waals surface area contributed by atoms with E-state index in [0.29, 0.717) is 0 Å². The molecule has 0 heterocycles. The lowest BCUT2D eigenvalue weighted by atomic mass is 10.3. The number of aliphatic imine (C=N–C) groups is 1. The van der Waals surface area contributed by atoms with Gasteiger partial charge in [0.1, 0.15) is 0 Å². The van der Waals surface area contributed by atoms with Crippen molar-refractivity contribution in [2.75, 3.05) is 17.8 Å². The number of nitrogens with zero attached hydrogens (tertiary/aromatic N) is 1. The molecule has 0 atom stereocenters. The summed E-state index contributed by atoms with van der Waals surface area (Å²) in [5, 5.41) is 3.23. The predicted molar refractivity (Wildman–Crippen MR) is 114 cm³/mol. The zero-order valence-electron chi connectivity index (χ0n) is 13.7. The normalized spacial score (nSPS) is 11.2. The van der Waals surface area contributed by atoms with E-state index in [1.165, 1.54) is 9.79 Å². The van der Waals surface area contributed by atoms with Crippen molar-refractivity contribution in [3.05, 3.63) is 73.0 Å². The Kier molecular flexibility index (Phi) is 10.1. The number of anilines is 1. The lowest BCUT2D eigenvalue weighted by molar-refractivity contribution is 1.43. The quantitative estimate of drug-likeness (QED) is 0.342. The average molecular weight is 377 g/mol. The largest absolute Gasteiger partial charge is 0.362 e. The van der Waals surface area contributed by atoms with Gasteiger partial charge in [-0.1, -0.05) is 6.08 Å². The molecular weight excluding hydrogens is 356 g/mol. The van der Waals surface area contributed by atoms with Crippen LogP contribution in [0.25, 0.3) is 0 Å². The lowest BCUT2D eigenvalue weighted by Crippen LogP contribution is -1.85. The molecule has 2 rings (SSSR count). The highest BCUT2D eigenvalue weighted by Gasteiger charge is 1.90. The Balaban J connectivity index is 0.00000288. The average Bonchev–Trinajstić information content (AvgIpc) is 2.62. The van der Waals surface area contributed by atoms with Gasteiger partial charge in [-0.05, 0) is 73.2 Å². The summed E-state index contributed by atoms with van der Waals surface area (Å²) in [5.74, 6) is 0. The van der Waals surface area contributed by atoms with Crippen molar-refractivity contribution < 1.29 is 0 Å². The van der Waals surface area contributed by atoms with E-state index in [9.17, 15) is 0 Å². The van der Waals surface area contributed by atoms with Gasteiger partial charge in [0, 0.05) is 27.9 Å². The molecule has 0 amide bonds. The molecule has 2 nitrogen and oxygen atoms in total. The van der Waals surface area contributed by atoms with E-state index in [2.05, 4.69) is 59.2 Å². The van der Waals surface area contributed by atoms with Crippen LogP contribution in [-0.2, 0) is 0 Å². The number of hydrogen-bond acceptors (Lipinski definition) is 4. The minimum absolute atomic E-state index is 0. The minimum Gasteiger partial charge on any atom is -0.362 e. The van der Waals surface area contributed by atoms with E-state index < -0.39 is 0 Å². The molecule has 126 valence electrons. The fourth-order valence-electron chi connectivity index (χ4n) is 1.80. The van der Waals surface area contributed by atoms with Crippen LogP contribution in [-0.4, -0.2) is 18.7 Å². The molecule has 2 aromatic carbocycles. The maximum absolute atomic E-state index is 4.38. The van der Waals surface area contributed by atoms with Crippen molar-refractivity contribution >= 4 is 53.5 Å². The number of allylic oxidation sites excluding steroid dienone is 3. The van der Waals surface area contributed by atoms with Crippen LogP contribution in [0.2, 0.25) is 0 Å². The Morgan fingerprint density at radius 2 is 1.38 bits per heavy atom. The van der Waals surface area contributed by atoms with Crippen LogP contribution in [0.5, 0.6) is 0 Å². The molecule has 2 aromatic rings. The van der Waals surface area contributed by atoms with Crippen LogP contribution in [0.1, 0.15) is 0 Å². The van der Waals surface area contributed by atoms with Gasteiger partial charge in [0.15, 0.2) is 0 Å². The van der Waals surface area contributed by atoms with Crippen molar-refractivity contribution in [2.24, 2.45) is 4.99 Å². The van der Waals surface area contributed by atoms with E-state index in [1.807, 2.05) is 36.6 Å². The van der Waals surface area contributed by atoms with Crippen molar-refractivity contribution in [1.29, 1.82) is 0 Å². The number of benzene rings is 2. The summed E-state index contributed by atoms with van der Waals surface area (Å²) in [6.45, 7) is 0. The topological polar surface area (TPSA) is 24.4 Å². The number of rotatable bonds is 7. The Hall–Kier alpha value is -1.62. The third kappa shape index (κ3) is 7.30. The highest BCUT2D eigenvalue weighted by Crippen LogP contribution is 2.19. The van der Waals surface area contributed by atoms with Gasteiger partial charge in [-0.15, -0.1) is 35.9 Å². The van der Waals surface area contributed by atoms with Gasteiger partial charge in [-0.2, -0.15) is 0 Å². The number of halogens is 1. The maximum Gasteiger partial charge on any atom is 0.0630 e.